The average Bonchev–Trinajstić information content (AvgIpc) is 2.70. The Hall–Kier alpha value is -3.50. The molecule has 2 aromatic carbocycles. The van der Waals surface area contributed by atoms with Crippen molar-refractivity contribution in [1.29, 1.82) is 0 Å². The molecule has 0 unspecified atom stereocenters. The van der Waals surface area contributed by atoms with Crippen LogP contribution < -0.4 is 9.47 Å². The highest BCUT2D eigenvalue weighted by molar-refractivity contribution is 5.91. The Bertz CT molecular complexity index is 983. The first-order chi connectivity index (χ1) is 14.9. The van der Waals surface area contributed by atoms with E-state index in [0.717, 1.165) is 24.3 Å². The number of alkyl halides is 5. The highest BCUT2D eigenvalue weighted by Crippen LogP contribution is 2.38. The van der Waals surface area contributed by atoms with Gasteiger partial charge in [0, 0.05) is 18.6 Å². The van der Waals surface area contributed by atoms with Crippen LogP contribution in [0, 0.1) is 5.82 Å². The van der Waals surface area contributed by atoms with Crippen LogP contribution in [0.5, 0.6) is 11.5 Å². The number of hydrogen-bond donors (Lipinski definition) is 1. The molecule has 0 fully saturated rings. The maximum absolute atomic E-state index is 14.2. The van der Waals surface area contributed by atoms with Crippen molar-refractivity contribution in [3.8, 4) is 11.5 Å². The molecule has 0 atom stereocenters. The van der Waals surface area contributed by atoms with Gasteiger partial charge in [0.25, 0.3) is 0 Å². The van der Waals surface area contributed by atoms with E-state index in [4.69, 9.17) is 14.6 Å². The highest BCUT2D eigenvalue weighted by atomic mass is 19.4. The monoisotopic (exact) mass is 462 g/mol. The van der Waals surface area contributed by atoms with Crippen molar-refractivity contribution in [2.24, 2.45) is 0 Å². The molecule has 0 amide bonds. The SMILES string of the molecule is O=C(O)/C=C/c1ccc(OC(=O)c2ccc(OCCCC(F)(F)C(F)(F)F)cc2F)cc1. The van der Waals surface area contributed by atoms with Gasteiger partial charge in [-0.1, -0.05) is 12.1 Å². The van der Waals surface area contributed by atoms with E-state index in [1.54, 1.807) is 0 Å². The van der Waals surface area contributed by atoms with Crippen molar-refractivity contribution >= 4 is 18.0 Å². The summed E-state index contributed by atoms with van der Waals surface area (Å²) in [5, 5.41) is 8.57. The predicted molar refractivity (Wildman–Crippen MR) is 100 cm³/mol. The third-order valence-corrected chi connectivity index (χ3v) is 3.99. The molecule has 0 aliphatic rings. The largest absolute Gasteiger partial charge is 0.493 e. The Balaban J connectivity index is 1.92. The van der Waals surface area contributed by atoms with Crippen molar-refractivity contribution in [3.05, 3.63) is 65.5 Å². The molecule has 2 aromatic rings. The molecule has 32 heavy (non-hydrogen) atoms. The summed E-state index contributed by atoms with van der Waals surface area (Å²) in [6.07, 6.45) is -5.53. The van der Waals surface area contributed by atoms with Crippen molar-refractivity contribution in [3.63, 3.8) is 0 Å². The Kier molecular flexibility index (Phi) is 7.90. The zero-order valence-corrected chi connectivity index (χ0v) is 16.2. The van der Waals surface area contributed by atoms with Gasteiger partial charge in [-0.2, -0.15) is 22.0 Å². The molecule has 1 N–H and O–H groups in total. The summed E-state index contributed by atoms with van der Waals surface area (Å²) in [6, 6.07) is 8.60. The standard InChI is InChI=1S/C21H16F6O5/c22-17-12-15(31-11-1-10-20(23,24)21(25,26)27)7-8-16(17)19(30)32-14-5-2-13(3-6-14)4-9-18(28)29/h2-9,12H,1,10-11H2,(H,28,29)/b9-4+. The van der Waals surface area contributed by atoms with Gasteiger partial charge in [-0.25, -0.2) is 14.0 Å². The molecule has 0 aliphatic heterocycles. The first-order valence-electron chi connectivity index (χ1n) is 8.99. The molecule has 0 saturated heterocycles. The summed E-state index contributed by atoms with van der Waals surface area (Å²) >= 11 is 0. The van der Waals surface area contributed by atoms with Gasteiger partial charge >= 0.3 is 24.0 Å². The summed E-state index contributed by atoms with van der Waals surface area (Å²) in [7, 11) is 0. The number of rotatable bonds is 9. The first kappa shape index (κ1) is 24.8. The molecule has 0 spiro atoms. The maximum atomic E-state index is 14.2. The topological polar surface area (TPSA) is 72.8 Å². The molecule has 172 valence electrons. The van der Waals surface area contributed by atoms with Crippen LogP contribution in [-0.2, 0) is 4.79 Å². The average molecular weight is 462 g/mol. The van der Waals surface area contributed by atoms with Crippen LogP contribution >= 0.6 is 0 Å². The van der Waals surface area contributed by atoms with E-state index in [0.29, 0.717) is 5.56 Å². The summed E-state index contributed by atoms with van der Waals surface area (Å²) in [5.74, 6) is -8.18. The van der Waals surface area contributed by atoms with Gasteiger partial charge in [-0.05, 0) is 42.3 Å². The van der Waals surface area contributed by atoms with Gasteiger partial charge in [0.05, 0.1) is 12.2 Å². The highest BCUT2D eigenvalue weighted by Gasteiger charge is 2.56. The first-order valence-corrected chi connectivity index (χ1v) is 8.99. The van der Waals surface area contributed by atoms with E-state index in [2.05, 4.69) is 0 Å². The Morgan fingerprint density at radius 3 is 2.16 bits per heavy atom. The third-order valence-electron chi connectivity index (χ3n) is 3.99. The van der Waals surface area contributed by atoms with Crippen LogP contribution in [0.4, 0.5) is 26.3 Å². The summed E-state index contributed by atoms with van der Waals surface area (Å²) < 4.78 is 86.1. The molecule has 0 radical (unpaired) electrons. The smallest absolute Gasteiger partial charge is 0.453 e. The van der Waals surface area contributed by atoms with Gasteiger partial charge in [-0.3, -0.25) is 0 Å². The number of carbonyl (C=O) groups is 2. The number of halogens is 6. The van der Waals surface area contributed by atoms with E-state index in [-0.39, 0.29) is 11.5 Å². The van der Waals surface area contributed by atoms with Gasteiger partial charge in [0.2, 0.25) is 0 Å². The number of carbonyl (C=O) groups excluding carboxylic acids is 1. The number of esters is 1. The lowest BCUT2D eigenvalue weighted by Crippen LogP contribution is -2.36. The van der Waals surface area contributed by atoms with E-state index in [1.165, 1.54) is 30.3 Å². The van der Waals surface area contributed by atoms with Crippen molar-refractivity contribution in [1.82, 2.24) is 0 Å². The molecule has 11 heteroatoms. The van der Waals surface area contributed by atoms with E-state index in [9.17, 15) is 35.9 Å². The Morgan fingerprint density at radius 2 is 1.59 bits per heavy atom. The van der Waals surface area contributed by atoms with Crippen LogP contribution in [0.15, 0.2) is 48.5 Å². The second-order valence-corrected chi connectivity index (χ2v) is 6.43. The summed E-state index contributed by atoms with van der Waals surface area (Å²) in [6.45, 7) is -0.516. The molecular weight excluding hydrogens is 446 g/mol. The predicted octanol–water partition coefficient (Wildman–Crippen LogP) is 5.50. The second-order valence-electron chi connectivity index (χ2n) is 6.43. The lowest BCUT2D eigenvalue weighted by Gasteiger charge is -2.19. The molecule has 0 saturated carbocycles. The van der Waals surface area contributed by atoms with E-state index in [1.807, 2.05) is 0 Å². The van der Waals surface area contributed by atoms with Crippen molar-refractivity contribution in [2.45, 2.75) is 24.9 Å². The number of carboxylic acids is 1. The summed E-state index contributed by atoms with van der Waals surface area (Å²) in [5.41, 5.74) is 0.0590. The summed E-state index contributed by atoms with van der Waals surface area (Å²) in [4.78, 5) is 22.6. The maximum Gasteiger partial charge on any atom is 0.453 e. The van der Waals surface area contributed by atoms with Crippen LogP contribution in [0.3, 0.4) is 0 Å². The van der Waals surface area contributed by atoms with Crippen LogP contribution in [0.25, 0.3) is 6.08 Å². The molecule has 0 aliphatic carbocycles. The quantitative estimate of drug-likeness (QED) is 0.175. The fraction of sp³-hybridized carbons (Fsp3) is 0.238. The minimum Gasteiger partial charge on any atom is -0.493 e. The van der Waals surface area contributed by atoms with Gasteiger partial charge in [-0.15, -0.1) is 0 Å². The van der Waals surface area contributed by atoms with Gasteiger partial charge in [0.15, 0.2) is 0 Å². The third kappa shape index (κ3) is 7.03. The minimum atomic E-state index is -5.66. The Labute approximate surface area is 177 Å². The van der Waals surface area contributed by atoms with E-state index < -0.39 is 54.9 Å². The van der Waals surface area contributed by atoms with E-state index >= 15 is 0 Å². The van der Waals surface area contributed by atoms with Gasteiger partial charge in [0.1, 0.15) is 17.3 Å². The lowest BCUT2D eigenvalue weighted by molar-refractivity contribution is -0.284. The van der Waals surface area contributed by atoms with Crippen LogP contribution in [0.1, 0.15) is 28.8 Å². The number of ether oxygens (including phenoxy) is 2. The number of benzene rings is 2. The lowest BCUT2D eigenvalue weighted by atomic mass is 10.2. The van der Waals surface area contributed by atoms with Crippen molar-refractivity contribution in [2.75, 3.05) is 6.61 Å². The number of carboxylic acid groups (broad SMARTS) is 1. The van der Waals surface area contributed by atoms with Crippen molar-refractivity contribution < 1.29 is 50.5 Å². The Morgan fingerprint density at radius 1 is 0.969 bits per heavy atom. The molecule has 0 bridgehead atoms. The fourth-order valence-electron chi connectivity index (χ4n) is 2.35. The van der Waals surface area contributed by atoms with Gasteiger partial charge < -0.3 is 14.6 Å². The van der Waals surface area contributed by atoms with Crippen LogP contribution in [-0.4, -0.2) is 35.8 Å². The van der Waals surface area contributed by atoms with Crippen LogP contribution in [0.2, 0.25) is 0 Å². The number of aliphatic carboxylic acids is 1. The minimum absolute atomic E-state index is 0.0628. The molecule has 5 nitrogen and oxygen atoms in total. The molecule has 0 aromatic heterocycles. The molecule has 0 heterocycles. The molecular formula is C21H16F6O5. The number of hydrogen-bond acceptors (Lipinski definition) is 4. The second kappa shape index (κ2) is 10.2. The normalized spacial score (nSPS) is 12.1. The fourth-order valence-corrected chi connectivity index (χ4v) is 2.35. The zero-order valence-electron chi connectivity index (χ0n) is 16.2. The zero-order chi connectivity index (χ0) is 23.9. The molecule has 2 rings (SSSR count).